The number of morpholine rings is 1. The van der Waals surface area contributed by atoms with Crippen molar-refractivity contribution in [3.05, 3.63) is 0 Å². The zero-order valence-corrected chi connectivity index (χ0v) is 16.3. The molecule has 1 atom stereocenters. The van der Waals surface area contributed by atoms with E-state index in [-0.39, 0.29) is 6.29 Å². The highest BCUT2D eigenvalue weighted by atomic mass is 32.1. The van der Waals surface area contributed by atoms with E-state index in [0.717, 1.165) is 13.1 Å². The summed E-state index contributed by atoms with van der Waals surface area (Å²) < 4.78 is 7.11. The highest BCUT2D eigenvalue weighted by molar-refractivity contribution is 7.80. The summed E-state index contributed by atoms with van der Waals surface area (Å²) in [5, 5.41) is 13.7. The second-order valence-corrected chi connectivity index (χ2v) is 6.93. The summed E-state index contributed by atoms with van der Waals surface area (Å²) in [6.45, 7) is 2.87. The van der Waals surface area contributed by atoms with E-state index in [1.165, 1.54) is 0 Å². The van der Waals surface area contributed by atoms with Crippen molar-refractivity contribution < 1.29 is 4.74 Å². The number of fused-ring (bicyclic) bond motifs is 3. The Kier molecular flexibility index (Phi) is 4.03. The molecule has 0 aromatic carbocycles. The minimum absolute atomic E-state index is 0.163. The number of hydrogen-bond donors (Lipinski definition) is 0. The molecule has 136 valence electrons. The third-order valence-corrected chi connectivity index (χ3v) is 5.77. The third kappa shape index (κ3) is 2.39. The number of ether oxygens (including phenoxy) is 1. The van der Waals surface area contributed by atoms with Gasteiger partial charge in [0.25, 0.3) is 0 Å². The van der Waals surface area contributed by atoms with Crippen molar-refractivity contribution in [2.75, 3.05) is 64.3 Å². The van der Waals surface area contributed by atoms with Crippen LogP contribution in [0.2, 0.25) is 0 Å². The van der Waals surface area contributed by atoms with Crippen LogP contribution in [0.25, 0.3) is 0 Å². The molecule has 0 saturated carbocycles. The van der Waals surface area contributed by atoms with E-state index >= 15 is 0 Å². The maximum atomic E-state index is 5.66. The van der Waals surface area contributed by atoms with Gasteiger partial charge >= 0.3 is 0 Å². The van der Waals surface area contributed by atoms with Gasteiger partial charge in [0.05, 0.1) is 13.2 Å². The van der Waals surface area contributed by atoms with Crippen molar-refractivity contribution in [3.8, 4) is 0 Å². The van der Waals surface area contributed by atoms with Crippen LogP contribution in [0, 0.1) is 0 Å². The molecule has 3 aliphatic rings. The van der Waals surface area contributed by atoms with E-state index in [2.05, 4.69) is 10.00 Å². The lowest BCUT2D eigenvalue weighted by molar-refractivity contribution is -0.0590. The van der Waals surface area contributed by atoms with Gasteiger partial charge in [-0.1, -0.05) is 0 Å². The summed E-state index contributed by atoms with van der Waals surface area (Å²) >= 11 is 11.3. The minimum Gasteiger partial charge on any atom is -0.378 e. The van der Waals surface area contributed by atoms with Gasteiger partial charge in [-0.05, 0) is 24.4 Å². The molecule has 1 aromatic heterocycles. The standard InChI is InChI=1S/C13H21N9OS2/c1-16-11-17(2)19(4)13(25)22-10(21(11)12(24)18(16)3)14-9(15-22)20-5-7-23-8-6-20/h11H,5-8H2,1-4H3. The summed E-state index contributed by atoms with van der Waals surface area (Å²) in [7, 11) is 7.81. The van der Waals surface area contributed by atoms with Crippen LogP contribution in [0.4, 0.5) is 11.9 Å². The van der Waals surface area contributed by atoms with E-state index in [1.807, 2.05) is 53.1 Å². The first-order valence-corrected chi connectivity index (χ1v) is 8.83. The van der Waals surface area contributed by atoms with Crippen LogP contribution in [0.3, 0.4) is 0 Å². The lowest BCUT2D eigenvalue weighted by Crippen LogP contribution is -2.56. The first-order valence-electron chi connectivity index (χ1n) is 8.02. The Balaban J connectivity index is 1.81. The van der Waals surface area contributed by atoms with Crippen molar-refractivity contribution in [1.82, 2.24) is 34.8 Å². The lowest BCUT2D eigenvalue weighted by atomic mass is 10.4. The molecule has 1 unspecified atom stereocenters. The Bertz CT molecular complexity index is 718. The quantitative estimate of drug-likeness (QED) is 0.573. The Morgan fingerprint density at radius 2 is 1.56 bits per heavy atom. The van der Waals surface area contributed by atoms with Crippen LogP contribution in [-0.2, 0) is 4.74 Å². The molecule has 2 fully saturated rings. The Labute approximate surface area is 157 Å². The number of anilines is 2. The molecule has 3 aliphatic heterocycles. The molecule has 4 rings (SSSR count). The average Bonchev–Trinajstić information content (AvgIpc) is 3.13. The lowest BCUT2D eigenvalue weighted by Gasteiger charge is -2.36. The van der Waals surface area contributed by atoms with Gasteiger partial charge in [0, 0.05) is 41.3 Å². The zero-order chi connectivity index (χ0) is 17.9. The molecular formula is C13H21N9OS2. The molecule has 0 spiro atoms. The van der Waals surface area contributed by atoms with E-state index in [4.69, 9.17) is 34.2 Å². The van der Waals surface area contributed by atoms with E-state index in [1.54, 1.807) is 4.68 Å². The second kappa shape index (κ2) is 5.99. The first-order chi connectivity index (χ1) is 11.9. The van der Waals surface area contributed by atoms with E-state index in [9.17, 15) is 0 Å². The van der Waals surface area contributed by atoms with Crippen LogP contribution in [0.1, 0.15) is 0 Å². The normalized spacial score (nSPS) is 25.5. The molecule has 12 heteroatoms. The monoisotopic (exact) mass is 383 g/mol. The maximum Gasteiger partial charge on any atom is 0.247 e. The van der Waals surface area contributed by atoms with Crippen molar-refractivity contribution in [2.24, 2.45) is 0 Å². The van der Waals surface area contributed by atoms with Crippen LogP contribution < -0.4 is 9.80 Å². The second-order valence-electron chi connectivity index (χ2n) is 6.20. The summed E-state index contributed by atoms with van der Waals surface area (Å²) in [4.78, 5) is 8.87. The van der Waals surface area contributed by atoms with Crippen molar-refractivity contribution in [2.45, 2.75) is 6.29 Å². The van der Waals surface area contributed by atoms with Gasteiger partial charge in [-0.15, -0.1) is 5.10 Å². The highest BCUT2D eigenvalue weighted by Gasteiger charge is 2.47. The molecule has 4 heterocycles. The topological polar surface area (TPSA) is 59.4 Å². The molecule has 0 amide bonds. The van der Waals surface area contributed by atoms with Gasteiger partial charge in [0.15, 0.2) is 11.4 Å². The van der Waals surface area contributed by atoms with Gasteiger partial charge in [0.2, 0.25) is 17.0 Å². The van der Waals surface area contributed by atoms with Crippen LogP contribution in [0.5, 0.6) is 0 Å². The summed E-state index contributed by atoms with van der Waals surface area (Å²) in [6.07, 6.45) is -0.163. The molecule has 0 aliphatic carbocycles. The molecule has 0 N–H and O–H groups in total. The van der Waals surface area contributed by atoms with Gasteiger partial charge in [-0.2, -0.15) is 19.7 Å². The zero-order valence-electron chi connectivity index (χ0n) is 14.7. The van der Waals surface area contributed by atoms with E-state index < -0.39 is 0 Å². The third-order valence-electron chi connectivity index (χ3n) is 4.88. The van der Waals surface area contributed by atoms with Gasteiger partial charge < -0.3 is 9.64 Å². The number of thiocarbonyl (C=S) groups is 2. The minimum atomic E-state index is -0.163. The average molecular weight is 384 g/mol. The molecule has 0 bridgehead atoms. The van der Waals surface area contributed by atoms with Crippen LogP contribution in [-0.4, -0.2) is 106 Å². The van der Waals surface area contributed by atoms with Crippen LogP contribution >= 0.6 is 24.4 Å². The fourth-order valence-electron chi connectivity index (χ4n) is 3.21. The smallest absolute Gasteiger partial charge is 0.247 e. The largest absolute Gasteiger partial charge is 0.378 e. The number of hydrazine groups is 2. The Hall–Kier alpha value is -1.60. The van der Waals surface area contributed by atoms with Gasteiger partial charge in [0.1, 0.15) is 0 Å². The number of rotatable bonds is 1. The van der Waals surface area contributed by atoms with E-state index in [0.29, 0.717) is 35.3 Å². The molecule has 25 heavy (non-hydrogen) atoms. The SMILES string of the molecule is CN1C(=S)N2c3nc(N4CCOCC4)nn3C(=S)N(C)N(C)C2N1C. The Morgan fingerprint density at radius 3 is 2.20 bits per heavy atom. The number of hydrogen-bond acceptors (Lipinski definition) is 8. The highest BCUT2D eigenvalue weighted by Crippen LogP contribution is 2.31. The van der Waals surface area contributed by atoms with Crippen molar-refractivity contribution in [3.63, 3.8) is 0 Å². The van der Waals surface area contributed by atoms with Gasteiger partial charge in [-0.3, -0.25) is 14.9 Å². The van der Waals surface area contributed by atoms with Crippen molar-refractivity contribution >= 4 is 46.6 Å². The summed E-state index contributed by atoms with van der Waals surface area (Å²) in [5.74, 6) is 1.28. The van der Waals surface area contributed by atoms with Crippen LogP contribution in [0.15, 0.2) is 0 Å². The summed E-state index contributed by atoms with van der Waals surface area (Å²) in [6, 6.07) is 0. The number of nitrogens with zero attached hydrogens (tertiary/aromatic N) is 9. The number of aromatic nitrogens is 3. The molecule has 10 nitrogen and oxygen atoms in total. The predicted molar refractivity (Wildman–Crippen MR) is 101 cm³/mol. The molecular weight excluding hydrogens is 362 g/mol. The Morgan fingerprint density at radius 1 is 0.960 bits per heavy atom. The van der Waals surface area contributed by atoms with Gasteiger partial charge in [-0.25, -0.2) is 0 Å². The predicted octanol–water partition coefficient (Wildman–Crippen LogP) is -0.793. The first kappa shape index (κ1) is 16.8. The summed E-state index contributed by atoms with van der Waals surface area (Å²) in [5.41, 5.74) is 0. The molecule has 0 radical (unpaired) electrons. The fraction of sp³-hybridized carbons (Fsp3) is 0.692. The molecule has 2 saturated heterocycles. The molecule has 1 aromatic rings. The van der Waals surface area contributed by atoms with Crippen molar-refractivity contribution in [1.29, 1.82) is 0 Å². The maximum absolute atomic E-state index is 5.66. The fourth-order valence-corrected chi connectivity index (χ4v) is 3.77.